The monoisotopic (exact) mass is 422 g/mol. The third kappa shape index (κ3) is 3.88. The Bertz CT molecular complexity index is 1150. The van der Waals surface area contributed by atoms with Crippen molar-refractivity contribution in [2.45, 2.75) is 13.5 Å². The summed E-state index contributed by atoms with van der Waals surface area (Å²) in [6.45, 7) is 2.14. The Hall–Kier alpha value is -3.06. The van der Waals surface area contributed by atoms with Crippen LogP contribution in [0, 0.1) is 6.92 Å². The molecule has 0 amide bonds. The highest BCUT2D eigenvalue weighted by molar-refractivity contribution is 9.10. The molecule has 4 rings (SSSR count). The summed E-state index contributed by atoms with van der Waals surface area (Å²) in [5.41, 5.74) is 3.41. The van der Waals surface area contributed by atoms with Crippen LogP contribution in [0.25, 0.3) is 22.6 Å². The molecule has 4 aromatic rings. The van der Waals surface area contributed by atoms with Crippen LogP contribution in [0.5, 0.6) is 0 Å². The van der Waals surface area contributed by atoms with Gasteiger partial charge < -0.3 is 4.52 Å². The second-order valence-electron chi connectivity index (χ2n) is 6.10. The predicted molar refractivity (Wildman–Crippen MR) is 105 cm³/mol. The first-order valence-corrected chi connectivity index (χ1v) is 9.11. The molecule has 2 heterocycles. The minimum absolute atomic E-state index is 0.111. The van der Waals surface area contributed by atoms with Crippen molar-refractivity contribution in [3.8, 4) is 22.6 Å². The van der Waals surface area contributed by atoms with Crippen molar-refractivity contribution < 1.29 is 4.52 Å². The molecular formula is C20H15BrN4O2. The maximum absolute atomic E-state index is 12.2. The molecule has 0 saturated carbocycles. The van der Waals surface area contributed by atoms with E-state index in [9.17, 15) is 4.79 Å². The molecule has 0 bridgehead atoms. The summed E-state index contributed by atoms with van der Waals surface area (Å²) in [6, 6.07) is 18.8. The van der Waals surface area contributed by atoms with Gasteiger partial charge in [0.1, 0.15) is 6.54 Å². The summed E-state index contributed by atoms with van der Waals surface area (Å²) in [4.78, 5) is 16.6. The van der Waals surface area contributed by atoms with Gasteiger partial charge in [0.2, 0.25) is 11.7 Å². The Morgan fingerprint density at radius 2 is 1.85 bits per heavy atom. The highest BCUT2D eigenvalue weighted by Gasteiger charge is 2.11. The Labute approximate surface area is 163 Å². The fourth-order valence-corrected chi connectivity index (χ4v) is 3.03. The number of nitrogens with zero attached hydrogens (tertiary/aromatic N) is 4. The van der Waals surface area contributed by atoms with Gasteiger partial charge in [-0.15, -0.1) is 0 Å². The Kier molecular flexibility index (Phi) is 4.68. The average Bonchev–Trinajstić information content (AvgIpc) is 3.13. The van der Waals surface area contributed by atoms with Crippen LogP contribution in [0.3, 0.4) is 0 Å². The molecular weight excluding hydrogens is 408 g/mol. The number of aryl methyl sites for hydroxylation is 1. The van der Waals surface area contributed by atoms with Gasteiger partial charge in [0.15, 0.2) is 0 Å². The molecule has 0 N–H and O–H groups in total. The van der Waals surface area contributed by atoms with E-state index in [1.807, 2.05) is 55.5 Å². The lowest BCUT2D eigenvalue weighted by Crippen LogP contribution is -2.23. The topological polar surface area (TPSA) is 73.8 Å². The number of hydrogen-bond acceptors (Lipinski definition) is 5. The highest BCUT2D eigenvalue weighted by Crippen LogP contribution is 2.20. The zero-order valence-corrected chi connectivity index (χ0v) is 16.0. The van der Waals surface area contributed by atoms with Crippen LogP contribution >= 0.6 is 15.9 Å². The first-order valence-electron chi connectivity index (χ1n) is 8.32. The molecule has 2 aromatic carbocycles. The molecule has 2 aromatic heterocycles. The Balaban J connectivity index is 1.62. The van der Waals surface area contributed by atoms with E-state index >= 15 is 0 Å². The van der Waals surface area contributed by atoms with Gasteiger partial charge in [-0.2, -0.15) is 10.1 Å². The minimum atomic E-state index is -0.229. The largest absolute Gasteiger partial charge is 0.337 e. The number of hydrogen-bond donors (Lipinski definition) is 0. The van der Waals surface area contributed by atoms with E-state index in [4.69, 9.17) is 4.52 Å². The van der Waals surface area contributed by atoms with Crippen LogP contribution in [0.4, 0.5) is 0 Å². The zero-order chi connectivity index (χ0) is 18.8. The van der Waals surface area contributed by atoms with Crippen molar-refractivity contribution in [2.75, 3.05) is 0 Å². The van der Waals surface area contributed by atoms with Gasteiger partial charge in [-0.25, -0.2) is 4.68 Å². The first kappa shape index (κ1) is 17.4. The summed E-state index contributed by atoms with van der Waals surface area (Å²) in [7, 11) is 0. The van der Waals surface area contributed by atoms with Crippen molar-refractivity contribution in [3.05, 3.63) is 86.9 Å². The van der Waals surface area contributed by atoms with Crippen LogP contribution in [-0.4, -0.2) is 19.9 Å². The van der Waals surface area contributed by atoms with E-state index in [0.29, 0.717) is 17.4 Å². The molecule has 0 spiro atoms. The second-order valence-corrected chi connectivity index (χ2v) is 7.02. The number of benzene rings is 2. The van der Waals surface area contributed by atoms with Crippen LogP contribution in [0.15, 0.2) is 74.5 Å². The van der Waals surface area contributed by atoms with Crippen LogP contribution < -0.4 is 5.56 Å². The molecule has 0 aliphatic carbocycles. The molecule has 27 heavy (non-hydrogen) atoms. The Morgan fingerprint density at radius 3 is 2.63 bits per heavy atom. The van der Waals surface area contributed by atoms with E-state index in [1.54, 1.807) is 6.07 Å². The van der Waals surface area contributed by atoms with Crippen LogP contribution in [0.2, 0.25) is 0 Å². The maximum Gasteiger partial charge on any atom is 0.267 e. The lowest BCUT2D eigenvalue weighted by atomic mass is 10.1. The van der Waals surface area contributed by atoms with Gasteiger partial charge in [0.25, 0.3) is 5.56 Å². The second kappa shape index (κ2) is 7.28. The molecule has 134 valence electrons. The molecule has 7 heteroatoms. The molecule has 0 atom stereocenters. The highest BCUT2D eigenvalue weighted by atomic mass is 79.9. The molecule has 0 aliphatic heterocycles. The predicted octanol–water partition coefficient (Wildman–Crippen LogP) is 4.08. The molecule has 0 aliphatic rings. The van der Waals surface area contributed by atoms with Crippen molar-refractivity contribution >= 4 is 15.9 Å². The summed E-state index contributed by atoms with van der Waals surface area (Å²) in [5, 5.41) is 8.43. The molecule has 6 nitrogen and oxygen atoms in total. The van der Waals surface area contributed by atoms with Gasteiger partial charge in [0.05, 0.1) is 5.69 Å². The molecule has 0 saturated heterocycles. The van der Waals surface area contributed by atoms with Crippen molar-refractivity contribution in [2.24, 2.45) is 0 Å². The normalized spacial score (nSPS) is 10.9. The summed E-state index contributed by atoms with van der Waals surface area (Å²) >= 11 is 3.42. The number of aromatic nitrogens is 4. The lowest BCUT2D eigenvalue weighted by Gasteiger charge is -2.05. The zero-order valence-electron chi connectivity index (χ0n) is 14.5. The molecule has 0 unspecified atom stereocenters. The van der Waals surface area contributed by atoms with E-state index < -0.39 is 0 Å². The quantitative estimate of drug-likeness (QED) is 0.495. The van der Waals surface area contributed by atoms with E-state index in [1.165, 1.54) is 10.7 Å². The number of halogens is 1. The minimum Gasteiger partial charge on any atom is -0.337 e. The molecule has 0 radical (unpaired) electrons. The third-order valence-corrected chi connectivity index (χ3v) is 4.54. The lowest BCUT2D eigenvalue weighted by molar-refractivity contribution is 0.363. The van der Waals surface area contributed by atoms with E-state index in [2.05, 4.69) is 31.2 Å². The molecule has 0 fully saturated rings. The van der Waals surface area contributed by atoms with Crippen LogP contribution in [-0.2, 0) is 6.54 Å². The Morgan fingerprint density at radius 1 is 1.04 bits per heavy atom. The van der Waals surface area contributed by atoms with Gasteiger partial charge in [-0.1, -0.05) is 63.0 Å². The van der Waals surface area contributed by atoms with Crippen molar-refractivity contribution in [3.63, 3.8) is 0 Å². The number of rotatable bonds is 4. The third-order valence-electron chi connectivity index (χ3n) is 4.05. The average molecular weight is 423 g/mol. The maximum atomic E-state index is 12.2. The standard InChI is InChI=1S/C20H15BrN4O2/c1-13-5-7-14(8-6-13)17-9-10-19(26)25(23-17)12-18-22-20(24-27-18)15-3-2-4-16(21)11-15/h2-11H,12H2,1H3. The van der Waals surface area contributed by atoms with Crippen molar-refractivity contribution in [1.82, 2.24) is 19.9 Å². The summed E-state index contributed by atoms with van der Waals surface area (Å²) in [5.74, 6) is 0.787. The van der Waals surface area contributed by atoms with Gasteiger partial charge in [-0.3, -0.25) is 4.79 Å². The summed E-state index contributed by atoms with van der Waals surface area (Å²) < 4.78 is 7.56. The van der Waals surface area contributed by atoms with E-state index in [0.717, 1.165) is 21.2 Å². The van der Waals surface area contributed by atoms with Crippen LogP contribution in [0.1, 0.15) is 11.5 Å². The fraction of sp³-hybridized carbons (Fsp3) is 0.100. The SMILES string of the molecule is Cc1ccc(-c2ccc(=O)n(Cc3nc(-c4cccc(Br)c4)no3)n2)cc1. The van der Waals surface area contributed by atoms with Gasteiger partial charge >= 0.3 is 0 Å². The van der Waals surface area contributed by atoms with E-state index in [-0.39, 0.29) is 12.1 Å². The smallest absolute Gasteiger partial charge is 0.267 e. The summed E-state index contributed by atoms with van der Waals surface area (Å²) in [6.07, 6.45) is 0. The first-order chi connectivity index (χ1) is 13.1. The fourth-order valence-electron chi connectivity index (χ4n) is 2.63. The van der Waals surface area contributed by atoms with Crippen molar-refractivity contribution in [1.29, 1.82) is 0 Å². The van der Waals surface area contributed by atoms with Gasteiger partial charge in [0, 0.05) is 21.7 Å². The van der Waals surface area contributed by atoms with Gasteiger partial charge in [-0.05, 0) is 25.1 Å².